The highest BCUT2D eigenvalue weighted by atomic mass is 16.6. The number of piperazine rings is 1. The highest BCUT2D eigenvalue weighted by Crippen LogP contribution is 2.31. The third kappa shape index (κ3) is 4.80. The molecule has 0 unspecified atom stereocenters. The van der Waals surface area contributed by atoms with Gasteiger partial charge in [0, 0.05) is 26.2 Å². The van der Waals surface area contributed by atoms with Crippen LogP contribution in [0.3, 0.4) is 0 Å². The van der Waals surface area contributed by atoms with E-state index in [0.717, 1.165) is 0 Å². The van der Waals surface area contributed by atoms with E-state index in [-0.39, 0.29) is 30.9 Å². The Morgan fingerprint density at radius 2 is 1.90 bits per heavy atom. The number of para-hydroxylation sites is 2. The van der Waals surface area contributed by atoms with Gasteiger partial charge in [0.25, 0.3) is 5.91 Å². The van der Waals surface area contributed by atoms with Crippen LogP contribution in [-0.4, -0.2) is 72.6 Å². The lowest BCUT2D eigenvalue weighted by Crippen LogP contribution is -2.57. The Morgan fingerprint density at radius 1 is 1.24 bits per heavy atom. The van der Waals surface area contributed by atoms with E-state index in [9.17, 15) is 14.9 Å². The maximum Gasteiger partial charge on any atom is 0.267 e. The molecule has 0 saturated carbocycles. The summed E-state index contributed by atoms with van der Waals surface area (Å²) in [6.07, 6.45) is -0.651. The van der Waals surface area contributed by atoms with Crippen molar-refractivity contribution in [1.29, 1.82) is 5.26 Å². The Morgan fingerprint density at radius 3 is 2.52 bits per heavy atom. The Kier molecular flexibility index (Phi) is 6.28. The molecule has 8 nitrogen and oxygen atoms in total. The van der Waals surface area contributed by atoms with Crippen LogP contribution in [0.4, 0.5) is 0 Å². The molecule has 156 valence electrons. The van der Waals surface area contributed by atoms with Crippen LogP contribution in [0, 0.1) is 17.2 Å². The third-order valence-corrected chi connectivity index (χ3v) is 5.62. The van der Waals surface area contributed by atoms with Crippen molar-refractivity contribution in [2.75, 3.05) is 39.3 Å². The van der Waals surface area contributed by atoms with Gasteiger partial charge in [0.15, 0.2) is 11.5 Å². The molecular weight excluding hydrogens is 372 g/mol. The van der Waals surface area contributed by atoms with E-state index in [4.69, 9.17) is 9.47 Å². The molecule has 1 N–H and O–H groups in total. The summed E-state index contributed by atoms with van der Waals surface area (Å²) in [5.74, 6) is 0.966. The van der Waals surface area contributed by atoms with Gasteiger partial charge in [-0.3, -0.25) is 14.5 Å². The summed E-state index contributed by atoms with van der Waals surface area (Å²) in [5, 5.41) is 12.2. The van der Waals surface area contributed by atoms with Crippen molar-refractivity contribution in [3.63, 3.8) is 0 Å². The summed E-state index contributed by atoms with van der Waals surface area (Å²) < 4.78 is 11.4. The van der Waals surface area contributed by atoms with E-state index in [1.54, 1.807) is 17.9 Å². The van der Waals surface area contributed by atoms with Gasteiger partial charge in [-0.05, 0) is 25.0 Å². The molecule has 1 saturated heterocycles. The minimum atomic E-state index is -0.885. The summed E-state index contributed by atoms with van der Waals surface area (Å²) in [7, 11) is 0. The van der Waals surface area contributed by atoms with Crippen molar-refractivity contribution in [3.05, 3.63) is 24.3 Å². The van der Waals surface area contributed by atoms with Gasteiger partial charge in [-0.2, -0.15) is 5.26 Å². The molecule has 0 radical (unpaired) electrons. The van der Waals surface area contributed by atoms with Crippen molar-refractivity contribution in [3.8, 4) is 17.6 Å². The fourth-order valence-corrected chi connectivity index (χ4v) is 3.30. The maximum atomic E-state index is 12.8. The van der Waals surface area contributed by atoms with E-state index < -0.39 is 11.6 Å². The van der Waals surface area contributed by atoms with E-state index in [2.05, 4.69) is 11.4 Å². The lowest BCUT2D eigenvalue weighted by molar-refractivity contribution is -0.143. The first-order chi connectivity index (χ1) is 13.8. The molecule has 2 aliphatic heterocycles. The Labute approximate surface area is 171 Å². The molecule has 1 aromatic rings. The number of fused-ring (bicyclic) bond motifs is 1. The average Bonchev–Trinajstić information content (AvgIpc) is 2.73. The van der Waals surface area contributed by atoms with Gasteiger partial charge in [-0.1, -0.05) is 26.0 Å². The molecule has 0 bridgehead atoms. The second-order valence-corrected chi connectivity index (χ2v) is 7.98. The standard InChI is InChI=1S/C21H28N4O4/c1-15(2)21(3,14-22)23-19(26)12-24-8-10-25(11-9-24)20(27)18-13-28-16-6-4-5-7-17(16)29-18/h4-7,15,18H,8-13H2,1-3H3,(H,23,26)/t18-,21+/m1/s1. The number of nitriles is 1. The van der Waals surface area contributed by atoms with Crippen LogP contribution in [0.15, 0.2) is 24.3 Å². The first-order valence-electron chi connectivity index (χ1n) is 9.94. The second kappa shape index (κ2) is 8.70. The zero-order chi connectivity index (χ0) is 21.0. The smallest absolute Gasteiger partial charge is 0.267 e. The summed E-state index contributed by atoms with van der Waals surface area (Å²) in [6.45, 7) is 8.18. The van der Waals surface area contributed by atoms with Crippen LogP contribution in [-0.2, 0) is 9.59 Å². The third-order valence-electron chi connectivity index (χ3n) is 5.62. The number of carbonyl (C=O) groups excluding carboxylic acids is 2. The molecule has 0 aliphatic carbocycles. The fourth-order valence-electron chi connectivity index (χ4n) is 3.30. The number of ether oxygens (including phenoxy) is 2. The quantitative estimate of drug-likeness (QED) is 0.793. The van der Waals surface area contributed by atoms with Crippen LogP contribution in [0.2, 0.25) is 0 Å². The van der Waals surface area contributed by atoms with Gasteiger partial charge in [0.05, 0.1) is 12.6 Å². The molecule has 0 aromatic heterocycles. The van der Waals surface area contributed by atoms with Gasteiger partial charge in [0.2, 0.25) is 12.0 Å². The summed E-state index contributed by atoms with van der Waals surface area (Å²) in [6, 6.07) is 9.49. The van der Waals surface area contributed by atoms with Crippen molar-refractivity contribution >= 4 is 11.8 Å². The Hall–Kier alpha value is -2.79. The van der Waals surface area contributed by atoms with Gasteiger partial charge >= 0.3 is 0 Å². The summed E-state index contributed by atoms with van der Waals surface area (Å²) in [4.78, 5) is 28.9. The monoisotopic (exact) mass is 400 g/mol. The number of rotatable bonds is 5. The van der Waals surface area contributed by atoms with Gasteiger partial charge < -0.3 is 19.7 Å². The van der Waals surface area contributed by atoms with E-state index >= 15 is 0 Å². The van der Waals surface area contributed by atoms with Gasteiger partial charge in [0.1, 0.15) is 12.1 Å². The van der Waals surface area contributed by atoms with Crippen molar-refractivity contribution in [2.24, 2.45) is 5.92 Å². The number of benzene rings is 1. The number of nitrogens with one attached hydrogen (secondary N) is 1. The average molecular weight is 400 g/mol. The topological polar surface area (TPSA) is 94.9 Å². The molecule has 2 amide bonds. The lowest BCUT2D eigenvalue weighted by Gasteiger charge is -2.37. The predicted molar refractivity (Wildman–Crippen MR) is 106 cm³/mol. The molecular formula is C21H28N4O4. The van der Waals surface area contributed by atoms with Crippen molar-refractivity contribution in [1.82, 2.24) is 15.1 Å². The van der Waals surface area contributed by atoms with Crippen LogP contribution in [0.25, 0.3) is 0 Å². The second-order valence-electron chi connectivity index (χ2n) is 7.98. The maximum absolute atomic E-state index is 12.8. The highest BCUT2D eigenvalue weighted by Gasteiger charge is 2.34. The Balaban J connectivity index is 1.48. The first kappa shape index (κ1) is 20.9. The molecule has 0 spiro atoms. The number of hydrogen-bond donors (Lipinski definition) is 1. The zero-order valence-corrected chi connectivity index (χ0v) is 17.2. The highest BCUT2D eigenvalue weighted by molar-refractivity contribution is 5.82. The summed E-state index contributed by atoms with van der Waals surface area (Å²) >= 11 is 0. The molecule has 2 atom stereocenters. The first-order valence-corrected chi connectivity index (χ1v) is 9.94. The largest absolute Gasteiger partial charge is 0.485 e. The SMILES string of the molecule is CC(C)[C@](C)(C#N)NC(=O)CN1CCN(C(=O)[C@H]2COc3ccccc3O2)CC1. The van der Waals surface area contributed by atoms with Crippen molar-refractivity contribution < 1.29 is 19.1 Å². The predicted octanol–water partition coefficient (Wildman–Crippen LogP) is 1.03. The lowest BCUT2D eigenvalue weighted by atomic mass is 9.90. The van der Waals surface area contributed by atoms with Crippen LogP contribution >= 0.6 is 0 Å². The van der Waals surface area contributed by atoms with Gasteiger partial charge in [-0.15, -0.1) is 0 Å². The molecule has 1 aromatic carbocycles. The normalized spacial score (nSPS) is 21.2. The fraction of sp³-hybridized carbons (Fsp3) is 0.571. The van der Waals surface area contributed by atoms with E-state index in [1.165, 1.54) is 0 Å². The number of hydrogen-bond acceptors (Lipinski definition) is 6. The van der Waals surface area contributed by atoms with Crippen LogP contribution in [0.1, 0.15) is 20.8 Å². The van der Waals surface area contributed by atoms with Crippen LogP contribution < -0.4 is 14.8 Å². The number of nitrogens with zero attached hydrogens (tertiary/aromatic N) is 3. The molecule has 3 rings (SSSR count). The zero-order valence-electron chi connectivity index (χ0n) is 17.2. The molecule has 2 heterocycles. The minimum absolute atomic E-state index is 0.00811. The van der Waals surface area contributed by atoms with Crippen LogP contribution in [0.5, 0.6) is 11.5 Å². The van der Waals surface area contributed by atoms with Crippen molar-refractivity contribution in [2.45, 2.75) is 32.4 Å². The van der Waals surface area contributed by atoms with E-state index in [0.29, 0.717) is 37.7 Å². The minimum Gasteiger partial charge on any atom is -0.485 e. The van der Waals surface area contributed by atoms with E-state index in [1.807, 2.05) is 36.9 Å². The molecule has 1 fully saturated rings. The van der Waals surface area contributed by atoms with Gasteiger partial charge in [-0.25, -0.2) is 0 Å². The molecule has 29 heavy (non-hydrogen) atoms. The molecule has 2 aliphatic rings. The summed E-state index contributed by atoms with van der Waals surface area (Å²) in [5.41, 5.74) is -0.885. The number of amides is 2. The Bertz CT molecular complexity index is 798. The number of carbonyl (C=O) groups is 2. The molecule has 8 heteroatoms.